The number of benzene rings is 1. The van der Waals surface area contributed by atoms with Gasteiger partial charge in [0.15, 0.2) is 0 Å². The Hall–Kier alpha value is -2.15. The molecule has 0 saturated carbocycles. The summed E-state index contributed by atoms with van der Waals surface area (Å²) in [7, 11) is 1.42. The monoisotopic (exact) mass is 307 g/mol. The maximum atomic E-state index is 12.4. The Morgan fingerprint density at radius 3 is 2.64 bits per heavy atom. The lowest BCUT2D eigenvalue weighted by Crippen LogP contribution is -2.44. The molecule has 120 valence electrons. The van der Waals surface area contributed by atoms with Gasteiger partial charge in [0.25, 0.3) is 5.69 Å². The molecule has 7 nitrogen and oxygen atoms in total. The summed E-state index contributed by atoms with van der Waals surface area (Å²) in [5.41, 5.74) is 0.376. The summed E-state index contributed by atoms with van der Waals surface area (Å²) in [5.74, 6) is 0.155. The molecule has 1 fully saturated rings. The molecule has 0 aliphatic carbocycles. The van der Waals surface area contributed by atoms with Crippen LogP contribution in [0, 0.1) is 10.1 Å². The van der Waals surface area contributed by atoms with E-state index >= 15 is 0 Å². The molecule has 2 rings (SSSR count). The number of methoxy groups -OCH3 is 1. The fourth-order valence-electron chi connectivity index (χ4n) is 2.61. The molecular formula is C15H21N3O4. The summed E-state index contributed by atoms with van der Waals surface area (Å²) in [6.07, 6.45) is 3.43. The maximum absolute atomic E-state index is 12.4. The number of piperidine rings is 1. The van der Waals surface area contributed by atoms with E-state index in [0.29, 0.717) is 5.69 Å². The Labute approximate surface area is 129 Å². The third-order valence-corrected chi connectivity index (χ3v) is 3.97. The standard InChI is InChI=1S/C15H21N3O4/c1-11(17-8-4-3-5-9-17)15(19)16-13-7-6-12(18(20)21)10-14(13)22-2/h6-7,10-11H,3-5,8-9H2,1-2H3,(H,16,19)/t11-/m0/s1. The summed E-state index contributed by atoms with van der Waals surface area (Å²) in [6, 6.07) is 3.92. The summed E-state index contributed by atoms with van der Waals surface area (Å²) in [4.78, 5) is 24.8. The van der Waals surface area contributed by atoms with Crippen LogP contribution in [0.3, 0.4) is 0 Å². The van der Waals surface area contributed by atoms with Gasteiger partial charge in [-0.25, -0.2) is 0 Å². The predicted octanol–water partition coefficient (Wildman–Crippen LogP) is 2.42. The second-order valence-electron chi connectivity index (χ2n) is 5.40. The lowest BCUT2D eigenvalue weighted by molar-refractivity contribution is -0.384. The number of likely N-dealkylation sites (tertiary alicyclic amines) is 1. The van der Waals surface area contributed by atoms with Crippen molar-refractivity contribution in [3.8, 4) is 5.75 Å². The number of carbonyl (C=O) groups excluding carboxylic acids is 1. The number of amides is 1. The molecule has 1 aromatic carbocycles. The van der Waals surface area contributed by atoms with Gasteiger partial charge in [-0.15, -0.1) is 0 Å². The molecule has 1 saturated heterocycles. The number of hydrogen-bond acceptors (Lipinski definition) is 5. The van der Waals surface area contributed by atoms with Crippen LogP contribution in [-0.2, 0) is 4.79 Å². The highest BCUT2D eigenvalue weighted by molar-refractivity contribution is 5.96. The summed E-state index contributed by atoms with van der Waals surface area (Å²) >= 11 is 0. The molecule has 1 atom stereocenters. The quantitative estimate of drug-likeness (QED) is 0.667. The minimum Gasteiger partial charge on any atom is -0.494 e. The Balaban J connectivity index is 2.08. The molecule has 0 aromatic heterocycles. The first-order chi connectivity index (χ1) is 10.5. The third kappa shape index (κ3) is 3.73. The Morgan fingerprint density at radius 2 is 2.05 bits per heavy atom. The number of rotatable bonds is 5. The summed E-state index contributed by atoms with van der Waals surface area (Å²) in [6.45, 7) is 3.72. The smallest absolute Gasteiger partial charge is 0.273 e. The van der Waals surface area contributed by atoms with Crippen LogP contribution >= 0.6 is 0 Å². The van der Waals surface area contributed by atoms with Gasteiger partial charge >= 0.3 is 0 Å². The lowest BCUT2D eigenvalue weighted by atomic mass is 10.1. The number of nitro benzene ring substituents is 1. The number of ether oxygens (including phenoxy) is 1. The zero-order chi connectivity index (χ0) is 16.1. The van der Waals surface area contributed by atoms with E-state index in [2.05, 4.69) is 10.2 Å². The van der Waals surface area contributed by atoms with Crippen LogP contribution in [0.4, 0.5) is 11.4 Å². The van der Waals surface area contributed by atoms with Crippen molar-refractivity contribution in [2.45, 2.75) is 32.2 Å². The van der Waals surface area contributed by atoms with Crippen LogP contribution in [0.25, 0.3) is 0 Å². The first kappa shape index (κ1) is 16.2. The Morgan fingerprint density at radius 1 is 1.36 bits per heavy atom. The topological polar surface area (TPSA) is 84.7 Å². The number of hydrogen-bond donors (Lipinski definition) is 1. The van der Waals surface area contributed by atoms with Crippen LogP contribution in [0.1, 0.15) is 26.2 Å². The summed E-state index contributed by atoms with van der Waals surface area (Å²) in [5, 5.41) is 13.6. The fourth-order valence-corrected chi connectivity index (χ4v) is 2.61. The highest BCUT2D eigenvalue weighted by Gasteiger charge is 2.24. The Bertz CT molecular complexity index is 556. The number of nitrogens with zero attached hydrogens (tertiary/aromatic N) is 2. The molecule has 1 amide bonds. The van der Waals surface area contributed by atoms with E-state index < -0.39 is 4.92 Å². The molecule has 1 aromatic rings. The molecule has 1 aliphatic rings. The zero-order valence-electron chi connectivity index (χ0n) is 12.9. The van der Waals surface area contributed by atoms with E-state index in [-0.39, 0.29) is 23.4 Å². The second-order valence-corrected chi connectivity index (χ2v) is 5.40. The molecule has 1 heterocycles. The van der Waals surface area contributed by atoms with Gasteiger partial charge in [0, 0.05) is 6.07 Å². The number of nitro groups is 1. The van der Waals surface area contributed by atoms with Gasteiger partial charge in [-0.3, -0.25) is 19.8 Å². The van der Waals surface area contributed by atoms with Gasteiger partial charge in [-0.2, -0.15) is 0 Å². The molecular weight excluding hydrogens is 286 g/mol. The van der Waals surface area contributed by atoms with E-state index in [1.807, 2.05) is 6.92 Å². The molecule has 1 aliphatic heterocycles. The van der Waals surface area contributed by atoms with Crippen molar-refractivity contribution >= 4 is 17.3 Å². The van der Waals surface area contributed by atoms with E-state index in [9.17, 15) is 14.9 Å². The van der Waals surface area contributed by atoms with Gasteiger partial charge < -0.3 is 10.1 Å². The maximum Gasteiger partial charge on any atom is 0.273 e. The van der Waals surface area contributed by atoms with Gasteiger partial charge in [-0.1, -0.05) is 6.42 Å². The van der Waals surface area contributed by atoms with Crippen molar-refractivity contribution in [1.82, 2.24) is 4.90 Å². The van der Waals surface area contributed by atoms with Crippen molar-refractivity contribution in [3.05, 3.63) is 28.3 Å². The average Bonchev–Trinajstić information content (AvgIpc) is 2.55. The largest absolute Gasteiger partial charge is 0.494 e. The number of anilines is 1. The molecule has 0 unspecified atom stereocenters. The first-order valence-corrected chi connectivity index (χ1v) is 7.40. The van der Waals surface area contributed by atoms with Crippen LogP contribution in [-0.4, -0.2) is 42.0 Å². The zero-order valence-corrected chi connectivity index (χ0v) is 12.9. The number of carbonyl (C=O) groups is 1. The van der Waals surface area contributed by atoms with E-state index in [1.165, 1.54) is 31.7 Å². The normalized spacial score (nSPS) is 16.8. The van der Waals surface area contributed by atoms with Crippen LogP contribution in [0.2, 0.25) is 0 Å². The fraction of sp³-hybridized carbons (Fsp3) is 0.533. The minimum atomic E-state index is -0.496. The minimum absolute atomic E-state index is 0.0704. The van der Waals surface area contributed by atoms with Crippen molar-refractivity contribution in [3.63, 3.8) is 0 Å². The van der Waals surface area contributed by atoms with Crippen LogP contribution in [0.5, 0.6) is 5.75 Å². The van der Waals surface area contributed by atoms with Crippen molar-refractivity contribution in [1.29, 1.82) is 0 Å². The highest BCUT2D eigenvalue weighted by atomic mass is 16.6. The Kier molecular flexibility index (Phi) is 5.32. The average molecular weight is 307 g/mol. The van der Waals surface area contributed by atoms with Crippen LogP contribution in [0.15, 0.2) is 18.2 Å². The van der Waals surface area contributed by atoms with Gasteiger partial charge in [0.1, 0.15) is 5.75 Å². The number of nitrogens with one attached hydrogen (secondary N) is 1. The van der Waals surface area contributed by atoms with Crippen molar-refractivity contribution in [2.24, 2.45) is 0 Å². The molecule has 0 radical (unpaired) electrons. The SMILES string of the molecule is COc1cc([N+](=O)[O-])ccc1NC(=O)[C@H](C)N1CCCCC1. The molecule has 7 heteroatoms. The second kappa shape index (κ2) is 7.22. The molecule has 0 spiro atoms. The van der Waals surface area contributed by atoms with Crippen molar-refractivity contribution < 1.29 is 14.5 Å². The van der Waals surface area contributed by atoms with E-state index in [1.54, 1.807) is 0 Å². The van der Waals surface area contributed by atoms with E-state index in [4.69, 9.17) is 4.74 Å². The van der Waals surface area contributed by atoms with Gasteiger partial charge in [-0.05, 0) is 38.9 Å². The van der Waals surface area contributed by atoms with Gasteiger partial charge in [0.05, 0.1) is 29.8 Å². The number of non-ortho nitro benzene ring substituents is 1. The third-order valence-electron chi connectivity index (χ3n) is 3.97. The van der Waals surface area contributed by atoms with E-state index in [0.717, 1.165) is 25.9 Å². The highest BCUT2D eigenvalue weighted by Crippen LogP contribution is 2.29. The van der Waals surface area contributed by atoms with Gasteiger partial charge in [0.2, 0.25) is 5.91 Å². The lowest BCUT2D eigenvalue weighted by Gasteiger charge is -2.31. The predicted molar refractivity (Wildman–Crippen MR) is 83.2 cm³/mol. The summed E-state index contributed by atoms with van der Waals surface area (Å²) < 4.78 is 5.13. The first-order valence-electron chi connectivity index (χ1n) is 7.40. The van der Waals surface area contributed by atoms with Crippen molar-refractivity contribution in [2.75, 3.05) is 25.5 Å². The van der Waals surface area contributed by atoms with Crippen LogP contribution < -0.4 is 10.1 Å². The molecule has 0 bridgehead atoms. The molecule has 1 N–H and O–H groups in total. The molecule has 22 heavy (non-hydrogen) atoms.